The van der Waals surface area contributed by atoms with Gasteiger partial charge in [-0.2, -0.15) is 0 Å². The van der Waals surface area contributed by atoms with E-state index in [4.69, 9.17) is 0 Å². The molecule has 2 heterocycles. The van der Waals surface area contributed by atoms with Gasteiger partial charge in [0.05, 0.1) is 5.52 Å². The molecule has 2 N–H and O–H groups in total. The zero-order valence-corrected chi connectivity index (χ0v) is 15.3. The maximum absolute atomic E-state index is 12.6. The summed E-state index contributed by atoms with van der Waals surface area (Å²) in [5, 5.41) is 12.7. The Labute approximate surface area is 157 Å². The number of carbonyl (C=O) groups is 1. The number of fused-ring (bicyclic) bond motifs is 1. The number of aromatic carboxylic acids is 1. The average molecular weight is 365 g/mol. The van der Waals surface area contributed by atoms with Gasteiger partial charge in [-0.3, -0.25) is 4.79 Å². The molecule has 1 unspecified atom stereocenters. The van der Waals surface area contributed by atoms with Crippen molar-refractivity contribution < 1.29 is 9.90 Å². The fourth-order valence-corrected chi connectivity index (χ4v) is 3.24. The SMILES string of the molecule is C=C1/C=C\C=C/CCC(Nc2ccc3c(n2)c(=O)c(C(=O)O)cn3CC)C1. The molecule has 140 valence electrons. The molecule has 3 rings (SSSR count). The second-order valence-electron chi connectivity index (χ2n) is 6.60. The van der Waals surface area contributed by atoms with Crippen LogP contribution in [-0.4, -0.2) is 26.7 Å². The van der Waals surface area contributed by atoms with Crippen molar-refractivity contribution in [2.75, 3.05) is 5.32 Å². The summed E-state index contributed by atoms with van der Waals surface area (Å²) in [5.41, 5.74) is 0.989. The van der Waals surface area contributed by atoms with Gasteiger partial charge in [0.2, 0.25) is 5.43 Å². The first-order chi connectivity index (χ1) is 13.0. The van der Waals surface area contributed by atoms with Crippen LogP contribution in [0.5, 0.6) is 0 Å². The lowest BCUT2D eigenvalue weighted by atomic mass is 10.0. The van der Waals surface area contributed by atoms with E-state index in [1.165, 1.54) is 6.20 Å². The molecule has 0 bridgehead atoms. The minimum Gasteiger partial charge on any atom is -0.477 e. The van der Waals surface area contributed by atoms with Crippen molar-refractivity contribution in [2.45, 2.75) is 38.8 Å². The number of carboxylic acids is 1. The summed E-state index contributed by atoms with van der Waals surface area (Å²) < 4.78 is 1.73. The molecule has 2 aromatic rings. The van der Waals surface area contributed by atoms with E-state index in [1.807, 2.05) is 37.3 Å². The fourth-order valence-electron chi connectivity index (χ4n) is 3.24. The third kappa shape index (κ3) is 4.16. The molecule has 0 aliphatic heterocycles. The lowest BCUT2D eigenvalue weighted by Gasteiger charge is -2.19. The highest BCUT2D eigenvalue weighted by molar-refractivity contribution is 5.91. The van der Waals surface area contributed by atoms with E-state index in [9.17, 15) is 14.7 Å². The van der Waals surface area contributed by atoms with E-state index in [-0.39, 0.29) is 17.1 Å². The highest BCUT2D eigenvalue weighted by atomic mass is 16.4. The molecule has 27 heavy (non-hydrogen) atoms. The van der Waals surface area contributed by atoms with Gasteiger partial charge in [0.15, 0.2) is 0 Å². The number of nitrogens with zero attached hydrogens (tertiary/aromatic N) is 2. The molecule has 0 saturated carbocycles. The molecule has 0 radical (unpaired) electrons. The summed E-state index contributed by atoms with van der Waals surface area (Å²) in [6.45, 7) is 6.51. The molecule has 6 heteroatoms. The summed E-state index contributed by atoms with van der Waals surface area (Å²) in [7, 11) is 0. The number of carboxylic acid groups (broad SMARTS) is 1. The zero-order valence-electron chi connectivity index (χ0n) is 15.3. The van der Waals surface area contributed by atoms with E-state index in [0.29, 0.717) is 17.9 Å². The molecule has 0 aromatic carbocycles. The normalized spacial score (nSPS) is 19.7. The minimum atomic E-state index is -1.24. The van der Waals surface area contributed by atoms with Crippen LogP contribution in [0.15, 0.2) is 59.6 Å². The number of hydrogen-bond donors (Lipinski definition) is 2. The van der Waals surface area contributed by atoms with Gasteiger partial charge in [0.25, 0.3) is 0 Å². The summed E-state index contributed by atoms with van der Waals surface area (Å²) in [6.07, 6.45) is 12.1. The molecule has 1 aliphatic rings. The number of aryl methyl sites for hydroxylation is 1. The van der Waals surface area contributed by atoms with Crippen LogP contribution < -0.4 is 10.7 Å². The van der Waals surface area contributed by atoms with E-state index in [0.717, 1.165) is 24.8 Å². The van der Waals surface area contributed by atoms with Crippen molar-refractivity contribution in [1.29, 1.82) is 0 Å². The van der Waals surface area contributed by atoms with Gasteiger partial charge < -0.3 is 15.0 Å². The first-order valence-electron chi connectivity index (χ1n) is 9.04. The second kappa shape index (κ2) is 8.03. The van der Waals surface area contributed by atoms with Gasteiger partial charge in [-0.25, -0.2) is 9.78 Å². The fraction of sp³-hybridized carbons (Fsp3) is 0.286. The summed E-state index contributed by atoms with van der Waals surface area (Å²) in [5.74, 6) is -0.676. The topological polar surface area (TPSA) is 84.2 Å². The smallest absolute Gasteiger partial charge is 0.341 e. The Morgan fingerprint density at radius 2 is 2.22 bits per heavy atom. The standard InChI is InChI=1S/C21H23N3O3/c1-3-24-13-16(21(26)27)20(25)19-17(24)10-11-18(23-19)22-15-9-7-5-4-6-8-14(2)12-15/h4-6,8,10-11,13,15H,2-3,7,9,12H2,1H3,(H,22,23)(H,26,27)/b5-4-,8-6-. The van der Waals surface area contributed by atoms with Gasteiger partial charge in [-0.1, -0.05) is 36.5 Å². The van der Waals surface area contributed by atoms with Gasteiger partial charge in [-0.15, -0.1) is 0 Å². The Bertz CT molecular complexity index is 1000. The quantitative estimate of drug-likeness (QED) is 0.862. The van der Waals surface area contributed by atoms with Gasteiger partial charge >= 0.3 is 5.97 Å². The number of aromatic nitrogens is 2. The number of nitrogens with one attached hydrogen (secondary N) is 1. The van der Waals surface area contributed by atoms with E-state index in [2.05, 4.69) is 23.0 Å². The van der Waals surface area contributed by atoms with E-state index in [1.54, 1.807) is 4.57 Å². The maximum Gasteiger partial charge on any atom is 0.341 e. The zero-order chi connectivity index (χ0) is 19.4. The van der Waals surface area contributed by atoms with Crippen molar-refractivity contribution in [3.63, 3.8) is 0 Å². The molecule has 1 atom stereocenters. The molecule has 0 fully saturated rings. The molecule has 2 aromatic heterocycles. The number of hydrogen-bond acceptors (Lipinski definition) is 4. The average Bonchev–Trinajstić information content (AvgIpc) is 2.74. The maximum atomic E-state index is 12.6. The van der Waals surface area contributed by atoms with Crippen LogP contribution in [0, 0.1) is 0 Å². The predicted molar refractivity (Wildman–Crippen MR) is 107 cm³/mol. The number of pyridine rings is 2. The third-order valence-corrected chi connectivity index (χ3v) is 4.62. The van der Waals surface area contributed by atoms with Crippen molar-refractivity contribution in [3.8, 4) is 0 Å². The molecule has 0 spiro atoms. The van der Waals surface area contributed by atoms with Crippen LogP contribution in [0.1, 0.15) is 36.5 Å². The first kappa shape index (κ1) is 18.6. The lowest BCUT2D eigenvalue weighted by molar-refractivity contribution is 0.0695. The van der Waals surface area contributed by atoms with E-state index < -0.39 is 11.4 Å². The lowest BCUT2D eigenvalue weighted by Crippen LogP contribution is -2.22. The number of rotatable bonds is 4. The van der Waals surface area contributed by atoms with Gasteiger partial charge in [0, 0.05) is 18.8 Å². The molecular formula is C21H23N3O3. The van der Waals surface area contributed by atoms with Crippen molar-refractivity contribution in [2.24, 2.45) is 0 Å². The Morgan fingerprint density at radius 3 is 2.96 bits per heavy atom. The Balaban J connectivity index is 1.98. The van der Waals surface area contributed by atoms with Crippen molar-refractivity contribution in [3.05, 3.63) is 70.6 Å². The van der Waals surface area contributed by atoms with Crippen molar-refractivity contribution >= 4 is 22.8 Å². The first-order valence-corrected chi connectivity index (χ1v) is 9.04. The van der Waals surface area contributed by atoms with Crippen molar-refractivity contribution in [1.82, 2.24) is 9.55 Å². The van der Waals surface area contributed by atoms with Crippen LogP contribution in [0.2, 0.25) is 0 Å². The van der Waals surface area contributed by atoms with Gasteiger partial charge in [0.1, 0.15) is 16.9 Å². The Kier molecular flexibility index (Phi) is 5.54. The third-order valence-electron chi connectivity index (χ3n) is 4.62. The number of allylic oxidation sites excluding steroid dienone is 4. The predicted octanol–water partition coefficient (Wildman–Crippen LogP) is 3.75. The summed E-state index contributed by atoms with van der Waals surface area (Å²) in [6, 6.07) is 3.77. The van der Waals surface area contributed by atoms with Crippen LogP contribution in [0.25, 0.3) is 11.0 Å². The van der Waals surface area contributed by atoms with Crippen LogP contribution in [0.4, 0.5) is 5.82 Å². The molecule has 1 aliphatic carbocycles. The van der Waals surface area contributed by atoms with Crippen LogP contribution >= 0.6 is 0 Å². The molecular weight excluding hydrogens is 342 g/mol. The van der Waals surface area contributed by atoms with Crippen LogP contribution in [-0.2, 0) is 6.54 Å². The van der Waals surface area contributed by atoms with Crippen LogP contribution in [0.3, 0.4) is 0 Å². The largest absolute Gasteiger partial charge is 0.477 e. The molecule has 0 amide bonds. The minimum absolute atomic E-state index is 0.130. The molecule has 0 saturated heterocycles. The Morgan fingerprint density at radius 1 is 1.41 bits per heavy atom. The molecule has 6 nitrogen and oxygen atoms in total. The Hall–Kier alpha value is -3.15. The van der Waals surface area contributed by atoms with E-state index >= 15 is 0 Å². The summed E-state index contributed by atoms with van der Waals surface area (Å²) in [4.78, 5) is 28.4. The highest BCUT2D eigenvalue weighted by Gasteiger charge is 2.17. The van der Waals surface area contributed by atoms with Gasteiger partial charge in [-0.05, 0) is 38.3 Å². The summed E-state index contributed by atoms with van der Waals surface area (Å²) >= 11 is 0. The highest BCUT2D eigenvalue weighted by Crippen LogP contribution is 2.19. The number of anilines is 1. The monoisotopic (exact) mass is 365 g/mol. The second-order valence-corrected chi connectivity index (χ2v) is 6.60.